The molecule has 1 atom stereocenters. The maximum Gasteiger partial charge on any atom is 0.253 e. The maximum absolute atomic E-state index is 12.9. The Balaban J connectivity index is 1.43. The molecule has 0 aromatic heterocycles. The van der Waals surface area contributed by atoms with Crippen molar-refractivity contribution in [1.82, 2.24) is 9.80 Å². The van der Waals surface area contributed by atoms with Gasteiger partial charge in [0.15, 0.2) is 0 Å². The molecule has 26 heavy (non-hydrogen) atoms. The van der Waals surface area contributed by atoms with E-state index in [1.165, 1.54) is 5.56 Å². The molecule has 2 fully saturated rings. The minimum absolute atomic E-state index is 0.0954. The molecule has 0 spiro atoms. The third-order valence-electron chi connectivity index (χ3n) is 5.47. The Morgan fingerprint density at radius 2 is 1.88 bits per heavy atom. The van der Waals surface area contributed by atoms with Crippen molar-refractivity contribution in [3.05, 3.63) is 71.3 Å². The predicted molar refractivity (Wildman–Crippen MR) is 101 cm³/mol. The molecule has 2 heterocycles. The van der Waals surface area contributed by atoms with Crippen molar-refractivity contribution < 1.29 is 9.59 Å². The lowest BCUT2D eigenvalue weighted by atomic mass is 9.99. The van der Waals surface area contributed by atoms with E-state index in [0.717, 1.165) is 43.6 Å². The fourth-order valence-electron chi connectivity index (χ4n) is 4.02. The van der Waals surface area contributed by atoms with Crippen LogP contribution >= 0.6 is 0 Å². The number of carbonyl (C=O) groups is 2. The highest BCUT2D eigenvalue weighted by molar-refractivity contribution is 5.94. The average molecular weight is 348 g/mol. The maximum atomic E-state index is 12.9. The summed E-state index contributed by atoms with van der Waals surface area (Å²) in [6.07, 6.45) is 2.59. The summed E-state index contributed by atoms with van der Waals surface area (Å²) in [4.78, 5) is 28.6. The van der Waals surface area contributed by atoms with E-state index in [4.69, 9.17) is 0 Å². The smallest absolute Gasteiger partial charge is 0.253 e. The van der Waals surface area contributed by atoms with E-state index in [9.17, 15) is 9.59 Å². The van der Waals surface area contributed by atoms with Crippen LogP contribution in [0.5, 0.6) is 0 Å². The molecule has 0 aliphatic carbocycles. The van der Waals surface area contributed by atoms with E-state index in [2.05, 4.69) is 24.3 Å². The first-order valence-electron chi connectivity index (χ1n) is 9.41. The van der Waals surface area contributed by atoms with Crippen molar-refractivity contribution in [1.29, 1.82) is 0 Å². The molecule has 2 amide bonds. The third-order valence-corrected chi connectivity index (χ3v) is 5.47. The number of rotatable bonds is 4. The molecule has 2 saturated heterocycles. The number of amides is 2. The highest BCUT2D eigenvalue weighted by Gasteiger charge is 2.28. The second kappa shape index (κ2) is 7.32. The van der Waals surface area contributed by atoms with E-state index < -0.39 is 0 Å². The first-order chi connectivity index (χ1) is 12.7. The van der Waals surface area contributed by atoms with Gasteiger partial charge in [-0.2, -0.15) is 0 Å². The van der Waals surface area contributed by atoms with Crippen LogP contribution in [0, 0.1) is 0 Å². The van der Waals surface area contributed by atoms with E-state index in [0.29, 0.717) is 18.9 Å². The molecule has 2 aliphatic rings. The average Bonchev–Trinajstić information content (AvgIpc) is 3.32. The van der Waals surface area contributed by atoms with Gasteiger partial charge in [0.05, 0.1) is 0 Å². The van der Waals surface area contributed by atoms with Crippen molar-refractivity contribution in [2.75, 3.05) is 19.6 Å². The van der Waals surface area contributed by atoms with Crippen molar-refractivity contribution in [2.24, 2.45) is 0 Å². The first kappa shape index (κ1) is 16.8. The van der Waals surface area contributed by atoms with E-state index in [1.807, 2.05) is 40.1 Å². The molecular weight excluding hydrogens is 324 g/mol. The minimum Gasteiger partial charge on any atom is -0.338 e. The number of nitrogens with zero attached hydrogens (tertiary/aromatic N) is 2. The Bertz CT molecular complexity index is 803. The van der Waals surface area contributed by atoms with Gasteiger partial charge in [-0.05, 0) is 36.1 Å². The van der Waals surface area contributed by atoms with Gasteiger partial charge in [-0.1, -0.05) is 42.5 Å². The number of hydrogen-bond donors (Lipinski definition) is 0. The van der Waals surface area contributed by atoms with Gasteiger partial charge >= 0.3 is 0 Å². The molecule has 2 aliphatic heterocycles. The number of hydrogen-bond acceptors (Lipinski definition) is 2. The minimum atomic E-state index is 0.0954. The zero-order valence-electron chi connectivity index (χ0n) is 14.9. The van der Waals surface area contributed by atoms with E-state index in [1.54, 1.807) is 0 Å². The van der Waals surface area contributed by atoms with Gasteiger partial charge in [-0.15, -0.1) is 0 Å². The number of carbonyl (C=O) groups excluding carboxylic acids is 2. The predicted octanol–water partition coefficient (Wildman–Crippen LogP) is 3.44. The Morgan fingerprint density at radius 1 is 1.04 bits per heavy atom. The first-order valence-corrected chi connectivity index (χ1v) is 9.41. The second-order valence-corrected chi connectivity index (χ2v) is 7.27. The van der Waals surface area contributed by atoms with Crippen LogP contribution in [0.25, 0.3) is 0 Å². The Morgan fingerprint density at radius 3 is 2.65 bits per heavy atom. The lowest BCUT2D eigenvalue weighted by Gasteiger charge is -2.19. The molecule has 0 unspecified atom stereocenters. The molecule has 134 valence electrons. The molecule has 4 heteroatoms. The van der Waals surface area contributed by atoms with Crippen LogP contribution in [-0.4, -0.2) is 41.2 Å². The quantitative estimate of drug-likeness (QED) is 0.849. The van der Waals surface area contributed by atoms with Crippen LogP contribution in [0.1, 0.15) is 46.7 Å². The molecule has 4 nitrogen and oxygen atoms in total. The van der Waals surface area contributed by atoms with E-state index in [-0.39, 0.29) is 11.8 Å². The van der Waals surface area contributed by atoms with Crippen LogP contribution in [0.15, 0.2) is 54.6 Å². The Labute approximate surface area is 154 Å². The fraction of sp³-hybridized carbons (Fsp3) is 0.364. The van der Waals surface area contributed by atoms with Gasteiger partial charge in [-0.25, -0.2) is 0 Å². The summed E-state index contributed by atoms with van der Waals surface area (Å²) in [6, 6.07) is 18.2. The summed E-state index contributed by atoms with van der Waals surface area (Å²) < 4.78 is 0. The van der Waals surface area contributed by atoms with Gasteiger partial charge < -0.3 is 9.80 Å². The summed E-state index contributed by atoms with van der Waals surface area (Å²) in [7, 11) is 0. The van der Waals surface area contributed by atoms with Crippen LogP contribution < -0.4 is 0 Å². The van der Waals surface area contributed by atoms with Gasteiger partial charge in [0, 0.05) is 44.1 Å². The van der Waals surface area contributed by atoms with Crippen LogP contribution in [0.3, 0.4) is 0 Å². The van der Waals surface area contributed by atoms with E-state index >= 15 is 0 Å². The summed E-state index contributed by atoms with van der Waals surface area (Å²) in [5.41, 5.74) is 3.07. The fourth-order valence-corrected chi connectivity index (χ4v) is 4.02. The summed E-state index contributed by atoms with van der Waals surface area (Å²) in [6.45, 7) is 3.00. The summed E-state index contributed by atoms with van der Waals surface area (Å²) in [5.74, 6) is 0.732. The van der Waals surface area contributed by atoms with Gasteiger partial charge in [-0.3, -0.25) is 9.59 Å². The second-order valence-electron chi connectivity index (χ2n) is 7.27. The zero-order valence-corrected chi connectivity index (χ0v) is 14.9. The SMILES string of the molecule is O=C1CCCN1Cc1cccc(C(=O)N2CC[C@@H](c3ccccc3)C2)c1. The molecule has 2 aromatic carbocycles. The van der Waals surface area contributed by atoms with Crippen molar-refractivity contribution in [2.45, 2.75) is 31.7 Å². The molecular formula is C22H24N2O2. The standard InChI is InChI=1S/C22H24N2O2/c25-21-10-5-12-23(21)15-17-6-4-9-19(14-17)22(26)24-13-11-20(16-24)18-7-2-1-3-8-18/h1-4,6-9,14,20H,5,10-13,15-16H2/t20-/m1/s1. The Hall–Kier alpha value is -2.62. The highest BCUT2D eigenvalue weighted by atomic mass is 16.2. The van der Waals surface area contributed by atoms with Crippen molar-refractivity contribution in [3.8, 4) is 0 Å². The lowest BCUT2D eigenvalue weighted by molar-refractivity contribution is -0.128. The van der Waals surface area contributed by atoms with Crippen LogP contribution in [0.4, 0.5) is 0 Å². The van der Waals surface area contributed by atoms with Gasteiger partial charge in [0.2, 0.25) is 5.91 Å². The monoisotopic (exact) mass is 348 g/mol. The largest absolute Gasteiger partial charge is 0.338 e. The molecule has 4 rings (SSSR count). The van der Waals surface area contributed by atoms with Crippen molar-refractivity contribution in [3.63, 3.8) is 0 Å². The topological polar surface area (TPSA) is 40.6 Å². The normalized spacial score (nSPS) is 20.0. The Kier molecular flexibility index (Phi) is 4.74. The molecule has 0 bridgehead atoms. The zero-order chi connectivity index (χ0) is 17.9. The lowest BCUT2D eigenvalue weighted by Crippen LogP contribution is -2.29. The summed E-state index contributed by atoms with van der Waals surface area (Å²) >= 11 is 0. The third kappa shape index (κ3) is 3.50. The highest BCUT2D eigenvalue weighted by Crippen LogP contribution is 2.28. The molecule has 2 aromatic rings. The van der Waals surface area contributed by atoms with Crippen LogP contribution in [-0.2, 0) is 11.3 Å². The molecule has 0 saturated carbocycles. The summed E-state index contributed by atoms with van der Waals surface area (Å²) in [5, 5.41) is 0. The van der Waals surface area contributed by atoms with Gasteiger partial charge in [0.25, 0.3) is 5.91 Å². The molecule has 0 N–H and O–H groups in total. The van der Waals surface area contributed by atoms with Gasteiger partial charge in [0.1, 0.15) is 0 Å². The number of likely N-dealkylation sites (tertiary alicyclic amines) is 2. The van der Waals surface area contributed by atoms with Crippen LogP contribution in [0.2, 0.25) is 0 Å². The molecule has 0 radical (unpaired) electrons. The number of benzene rings is 2. The van der Waals surface area contributed by atoms with Crippen molar-refractivity contribution >= 4 is 11.8 Å².